The number of hydrazine groups is 1. The zero-order chi connectivity index (χ0) is 25.5. The number of hydrogen-bond acceptors (Lipinski definition) is 7. The molecule has 0 aromatic heterocycles. The van der Waals surface area contributed by atoms with Gasteiger partial charge in [0, 0.05) is 24.4 Å². The van der Waals surface area contributed by atoms with Gasteiger partial charge in [-0.1, -0.05) is 19.9 Å². The first kappa shape index (κ1) is 24.3. The summed E-state index contributed by atoms with van der Waals surface area (Å²) in [5, 5.41) is 3.92. The van der Waals surface area contributed by atoms with E-state index in [2.05, 4.69) is 5.32 Å². The molecule has 2 aromatic rings. The summed E-state index contributed by atoms with van der Waals surface area (Å²) in [6, 6.07) is 9.98. The molecule has 0 saturated carbocycles. The molecule has 4 rings (SSSR count). The molecule has 5 amide bonds. The van der Waals surface area contributed by atoms with Crippen molar-refractivity contribution in [1.82, 2.24) is 15.3 Å². The largest absolute Gasteiger partial charge is 0.348 e. The fourth-order valence-electron chi connectivity index (χ4n) is 3.94. The highest BCUT2D eigenvalue weighted by Gasteiger charge is 2.46. The van der Waals surface area contributed by atoms with Gasteiger partial charge in [-0.2, -0.15) is 10.0 Å². The predicted molar refractivity (Wildman–Crippen MR) is 123 cm³/mol. The SMILES string of the molecule is CCS(=O)(=O)c1ccc(C(=O)NCc2ccc3c(c2)C(=O)N(N2C(=O)CCC(C)C2=O)C3=O)cc1. The van der Waals surface area contributed by atoms with E-state index >= 15 is 0 Å². The van der Waals surface area contributed by atoms with Crippen molar-refractivity contribution in [3.8, 4) is 0 Å². The van der Waals surface area contributed by atoms with Crippen molar-refractivity contribution in [2.75, 3.05) is 5.75 Å². The van der Waals surface area contributed by atoms with E-state index in [1.54, 1.807) is 13.0 Å². The van der Waals surface area contributed by atoms with Crippen molar-refractivity contribution in [2.24, 2.45) is 5.92 Å². The molecule has 2 heterocycles. The summed E-state index contributed by atoms with van der Waals surface area (Å²) >= 11 is 0. The van der Waals surface area contributed by atoms with Crippen LogP contribution in [-0.2, 0) is 26.0 Å². The maximum absolute atomic E-state index is 13.0. The summed E-state index contributed by atoms with van der Waals surface area (Å²) in [5.41, 5.74) is 0.885. The van der Waals surface area contributed by atoms with E-state index < -0.39 is 45.3 Å². The Bertz CT molecular complexity index is 1370. The Morgan fingerprint density at radius 2 is 1.63 bits per heavy atom. The van der Waals surface area contributed by atoms with Gasteiger partial charge in [0.1, 0.15) is 0 Å². The van der Waals surface area contributed by atoms with Crippen LogP contribution < -0.4 is 5.32 Å². The van der Waals surface area contributed by atoms with Crippen molar-refractivity contribution in [3.63, 3.8) is 0 Å². The summed E-state index contributed by atoms with van der Waals surface area (Å²) in [5.74, 6) is -3.71. The highest BCUT2D eigenvalue weighted by Crippen LogP contribution is 2.29. The third kappa shape index (κ3) is 4.34. The van der Waals surface area contributed by atoms with Crippen LogP contribution in [-0.4, -0.2) is 53.7 Å². The molecule has 2 aliphatic heterocycles. The number of nitrogens with one attached hydrogen (secondary N) is 1. The second-order valence-electron chi connectivity index (χ2n) is 8.40. The lowest BCUT2D eigenvalue weighted by Gasteiger charge is -2.33. The monoisotopic (exact) mass is 497 g/mol. The molecule has 2 aromatic carbocycles. The van der Waals surface area contributed by atoms with Crippen molar-refractivity contribution < 1.29 is 32.4 Å². The van der Waals surface area contributed by atoms with E-state index in [1.807, 2.05) is 0 Å². The number of benzene rings is 2. The maximum Gasteiger partial charge on any atom is 0.281 e. The Morgan fingerprint density at radius 1 is 0.971 bits per heavy atom. The average molecular weight is 498 g/mol. The molecule has 10 nitrogen and oxygen atoms in total. The number of piperidine rings is 1. The first-order valence-electron chi connectivity index (χ1n) is 11.0. The number of carbonyl (C=O) groups is 5. The summed E-state index contributed by atoms with van der Waals surface area (Å²) in [6.45, 7) is 3.20. The zero-order valence-electron chi connectivity index (χ0n) is 19.1. The Morgan fingerprint density at radius 3 is 2.29 bits per heavy atom. The number of rotatable bonds is 6. The number of imide groups is 2. The highest BCUT2D eigenvalue weighted by molar-refractivity contribution is 7.91. The molecule has 0 radical (unpaired) electrons. The van der Waals surface area contributed by atoms with Crippen LogP contribution in [0.5, 0.6) is 0 Å². The van der Waals surface area contributed by atoms with Crippen LogP contribution in [0.4, 0.5) is 0 Å². The fraction of sp³-hybridized carbons (Fsp3) is 0.292. The molecular formula is C24H23N3O7S. The highest BCUT2D eigenvalue weighted by atomic mass is 32.2. The number of amides is 5. The Labute approximate surface area is 201 Å². The Hall–Kier alpha value is -3.86. The number of hydrogen-bond donors (Lipinski definition) is 1. The second-order valence-corrected chi connectivity index (χ2v) is 10.7. The Balaban J connectivity index is 1.48. The third-order valence-electron chi connectivity index (χ3n) is 6.10. The van der Waals surface area contributed by atoms with Crippen molar-refractivity contribution >= 4 is 39.4 Å². The van der Waals surface area contributed by atoms with E-state index in [1.165, 1.54) is 43.3 Å². The normalized spacial score (nSPS) is 18.2. The summed E-state index contributed by atoms with van der Waals surface area (Å²) in [4.78, 5) is 63.3. The molecule has 0 bridgehead atoms. The number of fused-ring (bicyclic) bond motifs is 1. The molecule has 1 saturated heterocycles. The molecule has 2 aliphatic rings. The maximum atomic E-state index is 13.0. The van der Waals surface area contributed by atoms with Gasteiger partial charge in [0.05, 0.1) is 21.8 Å². The second kappa shape index (κ2) is 9.06. The van der Waals surface area contributed by atoms with E-state index in [-0.39, 0.29) is 40.3 Å². The third-order valence-corrected chi connectivity index (χ3v) is 7.85. The summed E-state index contributed by atoms with van der Waals surface area (Å²) in [6.07, 6.45) is 0.418. The smallest absolute Gasteiger partial charge is 0.281 e. The molecule has 1 atom stereocenters. The van der Waals surface area contributed by atoms with Gasteiger partial charge in [-0.3, -0.25) is 24.0 Å². The van der Waals surface area contributed by atoms with Crippen LogP contribution in [0.3, 0.4) is 0 Å². The zero-order valence-corrected chi connectivity index (χ0v) is 19.9. The van der Waals surface area contributed by atoms with Gasteiger partial charge in [-0.25, -0.2) is 8.42 Å². The van der Waals surface area contributed by atoms with E-state index in [0.29, 0.717) is 22.0 Å². The molecule has 0 aliphatic carbocycles. The fourth-order valence-corrected chi connectivity index (χ4v) is 4.83. The first-order chi connectivity index (χ1) is 16.5. The number of carbonyl (C=O) groups excluding carboxylic acids is 5. The molecule has 11 heteroatoms. The number of sulfone groups is 1. The first-order valence-corrected chi connectivity index (χ1v) is 12.7. The average Bonchev–Trinajstić information content (AvgIpc) is 3.10. The van der Waals surface area contributed by atoms with Gasteiger partial charge in [0.25, 0.3) is 23.6 Å². The summed E-state index contributed by atoms with van der Waals surface area (Å²) in [7, 11) is -3.38. The van der Waals surface area contributed by atoms with Gasteiger partial charge in [0.2, 0.25) is 5.91 Å². The van der Waals surface area contributed by atoms with Crippen molar-refractivity contribution in [1.29, 1.82) is 0 Å². The molecule has 1 unspecified atom stereocenters. The molecule has 182 valence electrons. The quantitative estimate of drug-likeness (QED) is 0.600. The topological polar surface area (TPSA) is 138 Å². The van der Waals surface area contributed by atoms with E-state index in [4.69, 9.17) is 0 Å². The van der Waals surface area contributed by atoms with Crippen LogP contribution in [0.1, 0.15) is 63.3 Å². The van der Waals surface area contributed by atoms with Crippen LogP contribution >= 0.6 is 0 Å². The van der Waals surface area contributed by atoms with Crippen molar-refractivity contribution in [3.05, 3.63) is 64.7 Å². The van der Waals surface area contributed by atoms with Gasteiger partial charge in [0.15, 0.2) is 9.84 Å². The van der Waals surface area contributed by atoms with Gasteiger partial charge in [-0.15, -0.1) is 0 Å². The summed E-state index contributed by atoms with van der Waals surface area (Å²) < 4.78 is 23.8. The van der Waals surface area contributed by atoms with E-state index in [9.17, 15) is 32.4 Å². The standard InChI is InChI=1S/C24H23N3O7S/c1-3-35(33,34)17-8-6-16(7-9-17)21(29)25-13-15-5-10-18-19(12-15)24(32)27(23(18)31)26-20(28)11-4-14(2)22(26)30/h5-10,12,14H,3-4,11,13H2,1-2H3,(H,25,29). The molecular weight excluding hydrogens is 474 g/mol. The van der Waals surface area contributed by atoms with Crippen LogP contribution in [0.25, 0.3) is 0 Å². The lowest BCUT2D eigenvalue weighted by Crippen LogP contribution is -2.56. The van der Waals surface area contributed by atoms with Gasteiger partial charge < -0.3 is 5.32 Å². The van der Waals surface area contributed by atoms with Crippen LogP contribution in [0, 0.1) is 5.92 Å². The minimum atomic E-state index is -3.38. The van der Waals surface area contributed by atoms with Gasteiger partial charge in [-0.05, 0) is 48.4 Å². The lowest BCUT2D eigenvalue weighted by atomic mass is 10.00. The number of nitrogens with zero attached hydrogens (tertiary/aromatic N) is 2. The van der Waals surface area contributed by atoms with E-state index in [0.717, 1.165) is 0 Å². The minimum absolute atomic E-state index is 0.0290. The molecule has 1 fully saturated rings. The van der Waals surface area contributed by atoms with Gasteiger partial charge >= 0.3 is 0 Å². The lowest BCUT2D eigenvalue weighted by molar-refractivity contribution is -0.163. The molecule has 0 spiro atoms. The van der Waals surface area contributed by atoms with Crippen LogP contribution in [0.15, 0.2) is 47.4 Å². The molecule has 1 N–H and O–H groups in total. The predicted octanol–water partition coefficient (Wildman–Crippen LogP) is 1.71. The molecule has 35 heavy (non-hydrogen) atoms. The Kier molecular flexibility index (Phi) is 6.28. The van der Waals surface area contributed by atoms with Crippen LogP contribution in [0.2, 0.25) is 0 Å². The van der Waals surface area contributed by atoms with Crippen molar-refractivity contribution in [2.45, 2.75) is 38.1 Å². The minimum Gasteiger partial charge on any atom is -0.348 e.